The lowest BCUT2D eigenvalue weighted by Gasteiger charge is -2.30. The minimum Gasteiger partial charge on any atom is -0.485 e. The van der Waals surface area contributed by atoms with E-state index in [1.807, 2.05) is 0 Å². The Balaban J connectivity index is 1.99. The van der Waals surface area contributed by atoms with Crippen LogP contribution in [0.2, 0.25) is 0 Å². The van der Waals surface area contributed by atoms with E-state index < -0.39 is 23.8 Å². The van der Waals surface area contributed by atoms with Crippen molar-refractivity contribution < 1.29 is 18.6 Å². The maximum absolute atomic E-state index is 13.7. The third kappa shape index (κ3) is 2.19. The highest BCUT2D eigenvalue weighted by Crippen LogP contribution is 2.41. The predicted molar refractivity (Wildman–Crippen MR) is 65.7 cm³/mol. The Hall–Kier alpha value is -1.94. The van der Waals surface area contributed by atoms with E-state index in [9.17, 15) is 13.9 Å². The number of rotatable bonds is 1. The SMILES string of the molecule is O[C@H]1CC(c2cc(F)ccc2F)Oc2ccccc21. The van der Waals surface area contributed by atoms with E-state index in [1.54, 1.807) is 24.3 Å². The zero-order chi connectivity index (χ0) is 13.4. The van der Waals surface area contributed by atoms with Crippen molar-refractivity contribution in [1.82, 2.24) is 0 Å². The van der Waals surface area contributed by atoms with E-state index in [-0.39, 0.29) is 12.0 Å². The van der Waals surface area contributed by atoms with Gasteiger partial charge in [0.05, 0.1) is 6.10 Å². The fourth-order valence-corrected chi connectivity index (χ4v) is 2.35. The van der Waals surface area contributed by atoms with Crippen LogP contribution in [-0.2, 0) is 0 Å². The smallest absolute Gasteiger partial charge is 0.130 e. The summed E-state index contributed by atoms with van der Waals surface area (Å²) in [5, 5.41) is 10.1. The number of para-hydroxylation sites is 1. The van der Waals surface area contributed by atoms with Gasteiger partial charge in [-0.1, -0.05) is 18.2 Å². The van der Waals surface area contributed by atoms with E-state index in [0.29, 0.717) is 11.3 Å². The fraction of sp³-hybridized carbons (Fsp3) is 0.200. The van der Waals surface area contributed by atoms with E-state index in [2.05, 4.69) is 0 Å². The molecule has 0 amide bonds. The molecular formula is C15H12F2O2. The van der Waals surface area contributed by atoms with Gasteiger partial charge in [0, 0.05) is 17.5 Å². The highest BCUT2D eigenvalue weighted by molar-refractivity contribution is 5.38. The lowest BCUT2D eigenvalue weighted by atomic mass is 9.95. The van der Waals surface area contributed by atoms with Crippen molar-refractivity contribution in [2.75, 3.05) is 0 Å². The first-order chi connectivity index (χ1) is 9.15. The van der Waals surface area contributed by atoms with Crippen molar-refractivity contribution in [2.45, 2.75) is 18.6 Å². The first-order valence-electron chi connectivity index (χ1n) is 6.04. The third-order valence-electron chi connectivity index (χ3n) is 3.29. The molecule has 0 spiro atoms. The molecule has 0 aliphatic carbocycles. The second-order valence-corrected chi connectivity index (χ2v) is 4.56. The van der Waals surface area contributed by atoms with E-state index in [1.165, 1.54) is 0 Å². The van der Waals surface area contributed by atoms with Gasteiger partial charge in [0.1, 0.15) is 23.5 Å². The van der Waals surface area contributed by atoms with E-state index in [0.717, 1.165) is 18.2 Å². The van der Waals surface area contributed by atoms with Gasteiger partial charge < -0.3 is 9.84 Å². The van der Waals surface area contributed by atoms with Crippen molar-refractivity contribution in [3.63, 3.8) is 0 Å². The minimum absolute atomic E-state index is 0.133. The van der Waals surface area contributed by atoms with Gasteiger partial charge in [0.2, 0.25) is 0 Å². The van der Waals surface area contributed by atoms with Crippen molar-refractivity contribution in [3.05, 3.63) is 65.2 Å². The molecule has 98 valence electrons. The van der Waals surface area contributed by atoms with Crippen LogP contribution in [0.15, 0.2) is 42.5 Å². The van der Waals surface area contributed by atoms with Crippen LogP contribution in [0.4, 0.5) is 8.78 Å². The van der Waals surface area contributed by atoms with Gasteiger partial charge in [-0.05, 0) is 24.3 Å². The Labute approximate surface area is 109 Å². The Kier molecular flexibility index (Phi) is 2.95. The van der Waals surface area contributed by atoms with E-state index in [4.69, 9.17) is 4.74 Å². The van der Waals surface area contributed by atoms with Crippen LogP contribution in [0.25, 0.3) is 0 Å². The van der Waals surface area contributed by atoms with Crippen molar-refractivity contribution in [1.29, 1.82) is 0 Å². The van der Waals surface area contributed by atoms with Crippen LogP contribution < -0.4 is 4.74 Å². The average Bonchev–Trinajstić information content (AvgIpc) is 2.41. The van der Waals surface area contributed by atoms with Crippen LogP contribution >= 0.6 is 0 Å². The number of aliphatic hydroxyl groups is 1. The quantitative estimate of drug-likeness (QED) is 0.852. The van der Waals surface area contributed by atoms with Gasteiger partial charge in [-0.15, -0.1) is 0 Å². The van der Waals surface area contributed by atoms with Crippen LogP contribution in [0, 0.1) is 11.6 Å². The maximum Gasteiger partial charge on any atom is 0.130 e. The second-order valence-electron chi connectivity index (χ2n) is 4.56. The predicted octanol–water partition coefficient (Wildman–Crippen LogP) is 3.52. The summed E-state index contributed by atoms with van der Waals surface area (Å²) in [4.78, 5) is 0. The molecule has 3 rings (SSSR count). The number of hydrogen-bond acceptors (Lipinski definition) is 2. The molecule has 0 saturated heterocycles. The summed E-state index contributed by atoms with van der Waals surface area (Å²) in [5.41, 5.74) is 0.809. The van der Waals surface area contributed by atoms with Gasteiger partial charge in [-0.3, -0.25) is 0 Å². The molecule has 2 aromatic rings. The summed E-state index contributed by atoms with van der Waals surface area (Å²) >= 11 is 0. The van der Waals surface area contributed by atoms with Crippen LogP contribution in [0.1, 0.15) is 29.8 Å². The van der Waals surface area contributed by atoms with Gasteiger partial charge >= 0.3 is 0 Å². The van der Waals surface area contributed by atoms with Crippen LogP contribution in [0.5, 0.6) is 5.75 Å². The fourth-order valence-electron chi connectivity index (χ4n) is 2.35. The summed E-state index contributed by atoms with van der Waals surface area (Å²) < 4.78 is 32.6. The molecule has 0 saturated carbocycles. The molecule has 2 nitrogen and oxygen atoms in total. The lowest BCUT2D eigenvalue weighted by molar-refractivity contribution is 0.0638. The number of aliphatic hydroxyl groups excluding tert-OH is 1. The van der Waals surface area contributed by atoms with Crippen LogP contribution in [0.3, 0.4) is 0 Å². The van der Waals surface area contributed by atoms with E-state index >= 15 is 0 Å². The Bertz CT molecular complexity index is 613. The van der Waals surface area contributed by atoms with Gasteiger partial charge in [0.15, 0.2) is 0 Å². The third-order valence-corrected chi connectivity index (χ3v) is 3.29. The van der Waals surface area contributed by atoms with Crippen LogP contribution in [-0.4, -0.2) is 5.11 Å². The zero-order valence-corrected chi connectivity index (χ0v) is 10.0. The van der Waals surface area contributed by atoms with Crippen molar-refractivity contribution in [2.24, 2.45) is 0 Å². The number of ether oxygens (including phenoxy) is 1. The first-order valence-corrected chi connectivity index (χ1v) is 6.04. The highest BCUT2D eigenvalue weighted by Gasteiger charge is 2.29. The normalized spacial score (nSPS) is 21.6. The number of fused-ring (bicyclic) bond motifs is 1. The molecule has 1 aliphatic rings. The molecule has 2 atom stereocenters. The van der Waals surface area contributed by atoms with Gasteiger partial charge in [0.25, 0.3) is 0 Å². The summed E-state index contributed by atoms with van der Waals surface area (Å²) in [6, 6.07) is 10.3. The molecular weight excluding hydrogens is 250 g/mol. The average molecular weight is 262 g/mol. The van der Waals surface area contributed by atoms with Crippen molar-refractivity contribution in [3.8, 4) is 5.75 Å². The molecule has 0 fully saturated rings. The monoisotopic (exact) mass is 262 g/mol. The number of halogens is 2. The lowest BCUT2D eigenvalue weighted by Crippen LogP contribution is -2.20. The van der Waals surface area contributed by atoms with Crippen molar-refractivity contribution >= 4 is 0 Å². The van der Waals surface area contributed by atoms with Gasteiger partial charge in [-0.2, -0.15) is 0 Å². The maximum atomic E-state index is 13.7. The largest absolute Gasteiger partial charge is 0.485 e. The highest BCUT2D eigenvalue weighted by atomic mass is 19.1. The minimum atomic E-state index is -0.738. The second kappa shape index (κ2) is 4.63. The standard InChI is InChI=1S/C15H12F2O2/c16-9-5-6-12(17)11(7-9)15-8-13(18)10-3-1-2-4-14(10)19-15/h1-7,13,15,18H,8H2/t13-,15?/m0/s1. The molecule has 0 radical (unpaired) electrons. The van der Waals surface area contributed by atoms with Gasteiger partial charge in [-0.25, -0.2) is 8.78 Å². The molecule has 1 aliphatic heterocycles. The summed E-state index contributed by atoms with van der Waals surface area (Å²) in [7, 11) is 0. The molecule has 0 aromatic heterocycles. The topological polar surface area (TPSA) is 29.5 Å². The number of benzene rings is 2. The summed E-state index contributed by atoms with van der Waals surface area (Å²) in [5.74, 6) is -0.541. The number of hydrogen-bond donors (Lipinski definition) is 1. The Morgan fingerprint density at radius 3 is 2.68 bits per heavy atom. The molecule has 19 heavy (non-hydrogen) atoms. The molecule has 1 unspecified atom stereocenters. The Morgan fingerprint density at radius 1 is 1.05 bits per heavy atom. The molecule has 4 heteroatoms. The Morgan fingerprint density at radius 2 is 1.84 bits per heavy atom. The summed E-state index contributed by atoms with van der Waals surface area (Å²) in [6.45, 7) is 0. The molecule has 0 bridgehead atoms. The molecule has 2 aromatic carbocycles. The zero-order valence-electron chi connectivity index (χ0n) is 10.0. The summed E-state index contributed by atoms with van der Waals surface area (Å²) in [6.07, 6.45) is -1.21. The molecule has 1 N–H and O–H groups in total. The first kappa shape index (κ1) is 12.1. The molecule has 1 heterocycles.